The van der Waals surface area contributed by atoms with Crippen LogP contribution in [0.15, 0.2) is 48.7 Å². The summed E-state index contributed by atoms with van der Waals surface area (Å²) in [5.74, 6) is 0.898. The fourth-order valence-corrected chi connectivity index (χ4v) is 1.77. The number of hydrogen-bond donors (Lipinski definition) is 0. The molecule has 0 bridgehead atoms. The molecule has 1 fully saturated rings. The van der Waals surface area contributed by atoms with Crippen LogP contribution in [0.4, 0.5) is 0 Å². The van der Waals surface area contributed by atoms with Crippen molar-refractivity contribution in [3.8, 4) is 5.75 Å². The van der Waals surface area contributed by atoms with Gasteiger partial charge in [0.05, 0.1) is 6.61 Å². The van der Waals surface area contributed by atoms with Gasteiger partial charge in [-0.3, -0.25) is 4.98 Å². The van der Waals surface area contributed by atoms with Gasteiger partial charge in [0.25, 0.3) is 0 Å². The molecule has 1 aliphatic heterocycles. The largest absolute Gasteiger partial charge is 0.491 e. The molecule has 2 heterocycles. The van der Waals surface area contributed by atoms with Crippen molar-refractivity contribution in [2.75, 3.05) is 13.2 Å². The summed E-state index contributed by atoms with van der Waals surface area (Å²) in [6, 6.07) is 14.1. The molecule has 3 heteroatoms. The van der Waals surface area contributed by atoms with Gasteiger partial charge in [-0.1, -0.05) is 18.2 Å². The highest BCUT2D eigenvalue weighted by molar-refractivity contribution is 5.29. The third-order valence-electron chi connectivity index (χ3n) is 2.87. The number of hydrogen-bond acceptors (Lipinski definition) is 3. The minimum Gasteiger partial charge on any atom is -0.491 e. The molecule has 0 saturated carbocycles. The lowest BCUT2D eigenvalue weighted by Gasteiger charge is -2.05. The van der Waals surface area contributed by atoms with Crippen LogP contribution in [0.1, 0.15) is 11.3 Å². The second kappa shape index (κ2) is 5.19. The molecule has 1 aromatic heterocycles. The average Bonchev–Trinajstić information content (AvgIpc) is 3.23. The molecule has 3 nitrogen and oxygen atoms in total. The normalized spacial score (nSPS) is 17.4. The van der Waals surface area contributed by atoms with Crippen LogP contribution in [0.5, 0.6) is 5.75 Å². The van der Waals surface area contributed by atoms with Crippen molar-refractivity contribution in [3.63, 3.8) is 0 Å². The molecule has 0 spiro atoms. The van der Waals surface area contributed by atoms with E-state index in [0.717, 1.165) is 24.5 Å². The van der Waals surface area contributed by atoms with E-state index in [2.05, 4.69) is 17.1 Å². The van der Waals surface area contributed by atoms with Gasteiger partial charge >= 0.3 is 0 Å². The van der Waals surface area contributed by atoms with Crippen LogP contribution >= 0.6 is 0 Å². The maximum Gasteiger partial charge on any atom is 0.119 e. The molecule has 1 unspecified atom stereocenters. The van der Waals surface area contributed by atoms with Gasteiger partial charge in [-0.05, 0) is 29.8 Å². The summed E-state index contributed by atoms with van der Waals surface area (Å²) in [7, 11) is 0. The van der Waals surface area contributed by atoms with Crippen LogP contribution in [0.3, 0.4) is 0 Å². The molecule has 0 radical (unpaired) electrons. The van der Waals surface area contributed by atoms with E-state index in [1.165, 1.54) is 5.56 Å². The Hall–Kier alpha value is -1.87. The minimum absolute atomic E-state index is 0.304. The molecule has 92 valence electrons. The number of nitrogens with zero attached hydrogens (tertiary/aromatic N) is 1. The summed E-state index contributed by atoms with van der Waals surface area (Å²) in [5.41, 5.74) is 2.32. The quantitative estimate of drug-likeness (QED) is 0.754. The molecule has 3 rings (SSSR count). The van der Waals surface area contributed by atoms with Gasteiger partial charge in [0.1, 0.15) is 18.5 Å². The van der Waals surface area contributed by atoms with Crippen LogP contribution in [0, 0.1) is 0 Å². The van der Waals surface area contributed by atoms with Gasteiger partial charge in [-0.25, -0.2) is 0 Å². The lowest BCUT2D eigenvalue weighted by atomic mass is 10.1. The van der Waals surface area contributed by atoms with Crippen LogP contribution in [0.2, 0.25) is 0 Å². The van der Waals surface area contributed by atoms with E-state index in [1.807, 2.05) is 36.5 Å². The Morgan fingerprint density at radius 2 is 2.00 bits per heavy atom. The van der Waals surface area contributed by atoms with Crippen molar-refractivity contribution in [2.45, 2.75) is 12.5 Å². The van der Waals surface area contributed by atoms with E-state index in [9.17, 15) is 0 Å². The van der Waals surface area contributed by atoms with E-state index in [4.69, 9.17) is 9.47 Å². The maximum absolute atomic E-state index is 5.59. The number of epoxide rings is 1. The summed E-state index contributed by atoms with van der Waals surface area (Å²) >= 11 is 0. The summed E-state index contributed by atoms with van der Waals surface area (Å²) in [5, 5.41) is 0. The Bertz CT molecular complexity index is 492. The molecule has 2 aromatic rings. The topological polar surface area (TPSA) is 34.6 Å². The number of benzene rings is 1. The maximum atomic E-state index is 5.59. The van der Waals surface area contributed by atoms with Crippen molar-refractivity contribution in [1.82, 2.24) is 4.98 Å². The number of ether oxygens (including phenoxy) is 2. The molecule has 0 amide bonds. The summed E-state index contributed by atoms with van der Waals surface area (Å²) in [6.07, 6.45) is 2.98. The van der Waals surface area contributed by atoms with E-state index in [-0.39, 0.29) is 0 Å². The SMILES string of the molecule is c1ccc(Cc2ccc(OCC3CO3)cc2)nc1. The Balaban J connectivity index is 1.59. The third kappa shape index (κ3) is 3.08. The van der Waals surface area contributed by atoms with Crippen LogP contribution < -0.4 is 4.74 Å². The molecule has 1 saturated heterocycles. The molecular formula is C15H15NO2. The van der Waals surface area contributed by atoms with Crippen LogP contribution in [-0.2, 0) is 11.2 Å². The standard InChI is InChI=1S/C15H15NO2/c1-2-8-16-13(3-1)9-12-4-6-14(7-5-12)17-10-15-11-18-15/h1-8,15H,9-11H2. The van der Waals surface area contributed by atoms with E-state index >= 15 is 0 Å². The monoisotopic (exact) mass is 241 g/mol. The van der Waals surface area contributed by atoms with Gasteiger partial charge in [0.2, 0.25) is 0 Å². The Kier molecular flexibility index (Phi) is 3.24. The number of aromatic nitrogens is 1. The minimum atomic E-state index is 0.304. The second-order valence-corrected chi connectivity index (χ2v) is 4.41. The molecule has 1 aromatic carbocycles. The Morgan fingerprint density at radius 3 is 2.67 bits per heavy atom. The average molecular weight is 241 g/mol. The lowest BCUT2D eigenvalue weighted by Crippen LogP contribution is -2.03. The Morgan fingerprint density at radius 1 is 1.17 bits per heavy atom. The van der Waals surface area contributed by atoms with Gasteiger partial charge in [-0.2, -0.15) is 0 Å². The molecule has 0 N–H and O–H groups in total. The zero-order chi connectivity index (χ0) is 12.2. The highest BCUT2D eigenvalue weighted by Gasteiger charge is 2.22. The first-order valence-electron chi connectivity index (χ1n) is 6.13. The molecule has 0 aliphatic carbocycles. The first kappa shape index (κ1) is 11.2. The van der Waals surface area contributed by atoms with E-state index < -0.39 is 0 Å². The number of rotatable bonds is 5. The smallest absolute Gasteiger partial charge is 0.119 e. The fraction of sp³-hybridized carbons (Fsp3) is 0.267. The highest BCUT2D eigenvalue weighted by Crippen LogP contribution is 2.17. The Labute approximate surface area is 106 Å². The number of pyridine rings is 1. The van der Waals surface area contributed by atoms with Crippen molar-refractivity contribution >= 4 is 0 Å². The van der Waals surface area contributed by atoms with Crippen molar-refractivity contribution in [2.24, 2.45) is 0 Å². The predicted octanol–water partition coefficient (Wildman–Crippen LogP) is 2.45. The predicted molar refractivity (Wildman–Crippen MR) is 68.7 cm³/mol. The zero-order valence-corrected chi connectivity index (χ0v) is 10.1. The second-order valence-electron chi connectivity index (χ2n) is 4.41. The van der Waals surface area contributed by atoms with Gasteiger partial charge < -0.3 is 9.47 Å². The summed E-state index contributed by atoms with van der Waals surface area (Å²) in [6.45, 7) is 1.48. The summed E-state index contributed by atoms with van der Waals surface area (Å²) in [4.78, 5) is 4.32. The molecule has 1 aliphatic rings. The first-order chi connectivity index (χ1) is 8.90. The van der Waals surface area contributed by atoms with Gasteiger partial charge in [0, 0.05) is 18.3 Å². The zero-order valence-electron chi connectivity index (χ0n) is 10.1. The molecule has 18 heavy (non-hydrogen) atoms. The van der Waals surface area contributed by atoms with Gasteiger partial charge in [0.15, 0.2) is 0 Å². The van der Waals surface area contributed by atoms with E-state index in [0.29, 0.717) is 12.7 Å². The molecule has 1 atom stereocenters. The lowest BCUT2D eigenvalue weighted by molar-refractivity contribution is 0.263. The fourth-order valence-electron chi connectivity index (χ4n) is 1.77. The van der Waals surface area contributed by atoms with Crippen molar-refractivity contribution in [1.29, 1.82) is 0 Å². The molecular weight excluding hydrogens is 226 g/mol. The van der Waals surface area contributed by atoms with Crippen LogP contribution in [-0.4, -0.2) is 24.3 Å². The first-order valence-corrected chi connectivity index (χ1v) is 6.13. The highest BCUT2D eigenvalue weighted by atomic mass is 16.6. The van der Waals surface area contributed by atoms with Gasteiger partial charge in [-0.15, -0.1) is 0 Å². The van der Waals surface area contributed by atoms with Crippen LogP contribution in [0.25, 0.3) is 0 Å². The summed E-state index contributed by atoms with van der Waals surface area (Å²) < 4.78 is 10.7. The third-order valence-corrected chi connectivity index (χ3v) is 2.87. The van der Waals surface area contributed by atoms with E-state index in [1.54, 1.807) is 0 Å². The van der Waals surface area contributed by atoms with Crippen molar-refractivity contribution < 1.29 is 9.47 Å². The van der Waals surface area contributed by atoms with Crippen molar-refractivity contribution in [3.05, 3.63) is 59.9 Å².